The molecular formula is C19H23N3O3. The van der Waals surface area contributed by atoms with Crippen molar-refractivity contribution in [3.63, 3.8) is 0 Å². The quantitative estimate of drug-likeness (QED) is 0.527. The minimum Gasteiger partial charge on any atom is -0.507 e. The molecule has 1 saturated carbocycles. The summed E-state index contributed by atoms with van der Waals surface area (Å²) in [4.78, 5) is 11.3. The molecule has 0 aliphatic heterocycles. The third kappa shape index (κ3) is 4.29. The number of benzene rings is 2. The smallest absolute Gasteiger partial charge is 0.252 e. The molecule has 1 aliphatic rings. The van der Waals surface area contributed by atoms with E-state index in [0.29, 0.717) is 24.2 Å². The molecule has 0 heterocycles. The van der Waals surface area contributed by atoms with Crippen LogP contribution in [0.5, 0.6) is 5.75 Å². The van der Waals surface area contributed by atoms with Gasteiger partial charge in [-0.15, -0.1) is 0 Å². The molecule has 0 saturated heterocycles. The van der Waals surface area contributed by atoms with Crippen molar-refractivity contribution in [1.82, 2.24) is 5.32 Å². The van der Waals surface area contributed by atoms with E-state index in [0.717, 1.165) is 18.5 Å². The van der Waals surface area contributed by atoms with Crippen molar-refractivity contribution in [3.05, 3.63) is 59.7 Å². The first-order valence-corrected chi connectivity index (χ1v) is 8.38. The number of aromatic hydroxyl groups is 1. The van der Waals surface area contributed by atoms with Crippen molar-refractivity contribution in [1.29, 1.82) is 0 Å². The molecule has 2 aromatic carbocycles. The van der Waals surface area contributed by atoms with Gasteiger partial charge in [-0.3, -0.25) is 4.79 Å². The van der Waals surface area contributed by atoms with Crippen molar-refractivity contribution in [2.75, 3.05) is 11.9 Å². The third-order valence-corrected chi connectivity index (χ3v) is 4.55. The van der Waals surface area contributed by atoms with Crippen LogP contribution >= 0.6 is 0 Å². The van der Waals surface area contributed by atoms with Gasteiger partial charge in [-0.2, -0.15) is 0 Å². The van der Waals surface area contributed by atoms with E-state index in [1.807, 2.05) is 30.3 Å². The number of amides is 1. The number of rotatable bonds is 7. The number of hydrogen-bond donors (Lipinski definition) is 5. The maximum absolute atomic E-state index is 11.3. The van der Waals surface area contributed by atoms with Gasteiger partial charge in [-0.25, -0.2) is 0 Å². The molecule has 1 atom stereocenters. The van der Waals surface area contributed by atoms with Crippen molar-refractivity contribution in [3.8, 4) is 5.75 Å². The molecule has 1 fully saturated rings. The van der Waals surface area contributed by atoms with Gasteiger partial charge in [0.25, 0.3) is 5.91 Å². The molecule has 1 aliphatic carbocycles. The Morgan fingerprint density at radius 2 is 1.88 bits per heavy atom. The molecule has 1 amide bonds. The van der Waals surface area contributed by atoms with E-state index in [1.165, 1.54) is 12.1 Å². The number of hydrogen-bond acceptors (Lipinski definition) is 5. The van der Waals surface area contributed by atoms with E-state index in [9.17, 15) is 15.0 Å². The van der Waals surface area contributed by atoms with Gasteiger partial charge in [0.2, 0.25) is 0 Å². The van der Waals surface area contributed by atoms with Crippen LogP contribution in [0.15, 0.2) is 48.5 Å². The largest absolute Gasteiger partial charge is 0.507 e. The second-order valence-corrected chi connectivity index (χ2v) is 6.44. The molecule has 6 nitrogen and oxygen atoms in total. The highest BCUT2D eigenvalue weighted by Crippen LogP contribution is 2.26. The van der Waals surface area contributed by atoms with Gasteiger partial charge < -0.3 is 26.6 Å². The molecule has 25 heavy (non-hydrogen) atoms. The number of nitrogens with two attached hydrogens (primary N) is 1. The summed E-state index contributed by atoms with van der Waals surface area (Å²) < 4.78 is 0. The predicted molar refractivity (Wildman–Crippen MR) is 96.5 cm³/mol. The highest BCUT2D eigenvalue weighted by atomic mass is 16.3. The number of carbonyl (C=O) groups excluding carboxylic acids is 1. The minimum atomic E-state index is -0.764. The number of aliphatic hydroxyl groups excluding tert-OH is 1. The summed E-state index contributed by atoms with van der Waals surface area (Å²) in [6, 6.07) is 15.3. The minimum absolute atomic E-state index is 0.0207. The van der Waals surface area contributed by atoms with E-state index >= 15 is 0 Å². The van der Waals surface area contributed by atoms with Crippen LogP contribution in [0.1, 0.15) is 34.9 Å². The van der Waals surface area contributed by atoms with Crippen LogP contribution in [0.3, 0.4) is 0 Å². The molecular weight excluding hydrogens is 318 g/mol. The fourth-order valence-electron chi connectivity index (χ4n) is 3.03. The maximum atomic E-state index is 11.3. The lowest BCUT2D eigenvalue weighted by Crippen LogP contribution is -2.48. The summed E-state index contributed by atoms with van der Waals surface area (Å²) in [5, 5.41) is 26.7. The number of aliphatic hydroxyl groups is 1. The number of nitrogens with one attached hydrogen (secondary N) is 2. The standard InChI is InChI=1S/C19H23N3O3/c20-19(25)16-8-12(6-7-17(16)23)18(24)11-21-14-9-15(10-14)22-13-4-2-1-3-5-13/h1-8,14-15,18,21-24H,9-11H2,(H2,20,25)/t14-,15-,18?. The summed E-state index contributed by atoms with van der Waals surface area (Å²) >= 11 is 0. The Balaban J connectivity index is 1.45. The summed E-state index contributed by atoms with van der Waals surface area (Å²) in [5.74, 6) is -0.890. The summed E-state index contributed by atoms with van der Waals surface area (Å²) in [5.41, 5.74) is 6.91. The lowest BCUT2D eigenvalue weighted by atomic mass is 9.86. The van der Waals surface area contributed by atoms with Gasteiger partial charge in [0.1, 0.15) is 5.75 Å². The number of para-hydroxylation sites is 1. The zero-order chi connectivity index (χ0) is 17.8. The summed E-state index contributed by atoms with van der Waals surface area (Å²) in [6.45, 7) is 0.381. The molecule has 1 unspecified atom stereocenters. The van der Waals surface area contributed by atoms with Crippen LogP contribution in [0.2, 0.25) is 0 Å². The molecule has 6 heteroatoms. The topological polar surface area (TPSA) is 108 Å². The fourth-order valence-corrected chi connectivity index (χ4v) is 3.03. The van der Waals surface area contributed by atoms with Crippen LogP contribution in [0, 0.1) is 0 Å². The zero-order valence-corrected chi connectivity index (χ0v) is 13.9. The van der Waals surface area contributed by atoms with Crippen LogP contribution in [0.25, 0.3) is 0 Å². The Morgan fingerprint density at radius 3 is 2.56 bits per heavy atom. The number of carbonyl (C=O) groups is 1. The highest BCUT2D eigenvalue weighted by Gasteiger charge is 2.29. The first kappa shape index (κ1) is 17.3. The van der Waals surface area contributed by atoms with Crippen molar-refractivity contribution in [2.24, 2.45) is 5.73 Å². The van der Waals surface area contributed by atoms with Crippen LogP contribution in [-0.4, -0.2) is 34.7 Å². The van der Waals surface area contributed by atoms with E-state index in [1.54, 1.807) is 6.07 Å². The first-order chi connectivity index (χ1) is 12.0. The zero-order valence-electron chi connectivity index (χ0n) is 13.9. The van der Waals surface area contributed by atoms with Crippen LogP contribution in [0.4, 0.5) is 5.69 Å². The van der Waals surface area contributed by atoms with Gasteiger partial charge in [0, 0.05) is 24.3 Å². The lowest BCUT2D eigenvalue weighted by molar-refractivity contribution is 0.0997. The predicted octanol–water partition coefficient (Wildman–Crippen LogP) is 1.76. The molecule has 0 aromatic heterocycles. The second kappa shape index (κ2) is 7.55. The van der Waals surface area contributed by atoms with Crippen LogP contribution in [-0.2, 0) is 0 Å². The van der Waals surface area contributed by atoms with E-state index in [2.05, 4.69) is 10.6 Å². The highest BCUT2D eigenvalue weighted by molar-refractivity contribution is 5.95. The van der Waals surface area contributed by atoms with Crippen LogP contribution < -0.4 is 16.4 Å². The number of anilines is 1. The second-order valence-electron chi connectivity index (χ2n) is 6.44. The average Bonchev–Trinajstić information content (AvgIpc) is 2.57. The molecule has 2 aromatic rings. The van der Waals surface area contributed by atoms with Gasteiger partial charge in [-0.05, 0) is 42.7 Å². The molecule has 0 bridgehead atoms. The monoisotopic (exact) mass is 341 g/mol. The Kier molecular flexibility index (Phi) is 5.21. The van der Waals surface area contributed by atoms with Crippen molar-refractivity contribution >= 4 is 11.6 Å². The molecule has 6 N–H and O–H groups in total. The number of phenols is 1. The average molecular weight is 341 g/mol. The Bertz CT molecular complexity index is 730. The Labute approximate surface area is 146 Å². The van der Waals surface area contributed by atoms with E-state index in [4.69, 9.17) is 5.73 Å². The van der Waals surface area contributed by atoms with Gasteiger partial charge >= 0.3 is 0 Å². The van der Waals surface area contributed by atoms with E-state index < -0.39 is 12.0 Å². The SMILES string of the molecule is NC(=O)c1cc(C(O)CN[C@H]2C[C@H](Nc3ccccc3)C2)ccc1O. The maximum Gasteiger partial charge on any atom is 0.252 e. The Hall–Kier alpha value is -2.57. The first-order valence-electron chi connectivity index (χ1n) is 8.38. The van der Waals surface area contributed by atoms with Crippen molar-refractivity contribution < 1.29 is 15.0 Å². The summed E-state index contributed by atoms with van der Waals surface area (Å²) in [6.07, 6.45) is 1.22. The van der Waals surface area contributed by atoms with Gasteiger partial charge in [0.05, 0.1) is 11.7 Å². The molecule has 3 rings (SSSR count). The van der Waals surface area contributed by atoms with E-state index in [-0.39, 0.29) is 11.3 Å². The van der Waals surface area contributed by atoms with Gasteiger partial charge in [-0.1, -0.05) is 24.3 Å². The van der Waals surface area contributed by atoms with Crippen molar-refractivity contribution in [2.45, 2.75) is 31.0 Å². The lowest BCUT2D eigenvalue weighted by Gasteiger charge is -2.37. The molecule has 132 valence electrons. The molecule has 0 spiro atoms. The third-order valence-electron chi connectivity index (χ3n) is 4.55. The summed E-state index contributed by atoms with van der Waals surface area (Å²) in [7, 11) is 0. The van der Waals surface area contributed by atoms with Gasteiger partial charge in [0.15, 0.2) is 0 Å². The Morgan fingerprint density at radius 1 is 1.16 bits per heavy atom. The molecule has 0 radical (unpaired) electrons. The normalized spacial score (nSPS) is 20.5. The fraction of sp³-hybridized carbons (Fsp3) is 0.316. The number of primary amides is 1.